The molecule has 0 amide bonds. The Morgan fingerprint density at radius 3 is 2.70 bits per heavy atom. The summed E-state index contributed by atoms with van der Waals surface area (Å²) in [5.74, 6) is 0.0412. The number of alkyl halides is 3. The molecule has 2 aromatic rings. The maximum absolute atomic E-state index is 12.6. The van der Waals surface area contributed by atoms with Gasteiger partial charge in [-0.3, -0.25) is 4.68 Å². The molecule has 9 heteroatoms. The molecule has 0 fully saturated rings. The molecule has 5 nitrogen and oxygen atoms in total. The van der Waals surface area contributed by atoms with Crippen LogP contribution in [0.4, 0.5) is 19.0 Å². The fourth-order valence-electron chi connectivity index (χ4n) is 1.62. The molecular formula is C11H11ClF3N5. The number of anilines is 1. The van der Waals surface area contributed by atoms with Gasteiger partial charge < -0.3 is 5.32 Å². The van der Waals surface area contributed by atoms with Gasteiger partial charge in [0.15, 0.2) is 5.69 Å². The van der Waals surface area contributed by atoms with Crippen molar-refractivity contribution in [1.82, 2.24) is 19.7 Å². The van der Waals surface area contributed by atoms with E-state index in [1.54, 1.807) is 17.9 Å². The molecule has 20 heavy (non-hydrogen) atoms. The fourth-order valence-corrected chi connectivity index (χ4v) is 1.80. The molecule has 2 aromatic heterocycles. The molecule has 0 aromatic carbocycles. The Hall–Kier alpha value is -1.83. The standard InChI is InChI=1S/C11H11ClF3N5/c1-20-7(3-5-17-20)2-4-16-9-6-8(11(13,14)15)18-10(12)19-9/h3,5-6H,2,4H2,1H3,(H,16,18,19). The Morgan fingerprint density at radius 1 is 1.35 bits per heavy atom. The molecule has 0 atom stereocenters. The Balaban J connectivity index is 2.03. The van der Waals surface area contributed by atoms with E-state index in [9.17, 15) is 13.2 Å². The molecule has 0 radical (unpaired) electrons. The SMILES string of the molecule is Cn1nccc1CCNc1cc(C(F)(F)F)nc(Cl)n1. The number of rotatable bonds is 4. The van der Waals surface area contributed by atoms with E-state index in [2.05, 4.69) is 20.4 Å². The first kappa shape index (κ1) is 14.6. The number of halogens is 4. The highest BCUT2D eigenvalue weighted by Crippen LogP contribution is 2.29. The van der Waals surface area contributed by atoms with Crippen molar-refractivity contribution in [3.63, 3.8) is 0 Å². The van der Waals surface area contributed by atoms with Crippen LogP contribution in [-0.4, -0.2) is 26.3 Å². The van der Waals surface area contributed by atoms with Crippen molar-refractivity contribution in [2.75, 3.05) is 11.9 Å². The first-order chi connectivity index (χ1) is 9.36. The van der Waals surface area contributed by atoms with Crippen LogP contribution in [0.15, 0.2) is 18.3 Å². The van der Waals surface area contributed by atoms with Gasteiger partial charge in [-0.1, -0.05) is 0 Å². The fraction of sp³-hybridized carbons (Fsp3) is 0.364. The second kappa shape index (κ2) is 5.66. The third-order valence-electron chi connectivity index (χ3n) is 2.60. The highest BCUT2D eigenvalue weighted by atomic mass is 35.5. The first-order valence-electron chi connectivity index (χ1n) is 5.69. The van der Waals surface area contributed by atoms with Crippen LogP contribution in [-0.2, 0) is 19.6 Å². The van der Waals surface area contributed by atoms with Gasteiger partial charge in [-0.2, -0.15) is 18.3 Å². The van der Waals surface area contributed by atoms with Gasteiger partial charge in [0.1, 0.15) is 5.82 Å². The van der Waals surface area contributed by atoms with E-state index in [4.69, 9.17) is 11.6 Å². The molecule has 0 unspecified atom stereocenters. The Bertz CT molecular complexity index is 596. The minimum absolute atomic E-state index is 0.0412. The number of nitrogens with zero attached hydrogens (tertiary/aromatic N) is 4. The largest absolute Gasteiger partial charge is 0.433 e. The van der Waals surface area contributed by atoms with Crippen molar-refractivity contribution in [3.05, 3.63) is 35.0 Å². The van der Waals surface area contributed by atoms with Crippen molar-refractivity contribution in [3.8, 4) is 0 Å². The van der Waals surface area contributed by atoms with Crippen molar-refractivity contribution in [2.45, 2.75) is 12.6 Å². The summed E-state index contributed by atoms with van der Waals surface area (Å²) in [6, 6.07) is 2.66. The highest BCUT2D eigenvalue weighted by Gasteiger charge is 2.33. The van der Waals surface area contributed by atoms with Crippen LogP contribution in [0.5, 0.6) is 0 Å². The van der Waals surface area contributed by atoms with E-state index in [0.29, 0.717) is 13.0 Å². The zero-order valence-corrected chi connectivity index (χ0v) is 11.2. The highest BCUT2D eigenvalue weighted by molar-refractivity contribution is 6.28. The molecule has 0 saturated carbocycles. The second-order valence-electron chi connectivity index (χ2n) is 4.03. The van der Waals surface area contributed by atoms with Gasteiger partial charge in [0.2, 0.25) is 5.28 Å². The summed E-state index contributed by atoms with van der Waals surface area (Å²) in [4.78, 5) is 6.86. The molecule has 1 N–H and O–H groups in total. The van der Waals surface area contributed by atoms with Crippen LogP contribution in [0.1, 0.15) is 11.4 Å². The molecule has 0 spiro atoms. The predicted octanol–water partition coefficient (Wildman–Crippen LogP) is 2.54. The van der Waals surface area contributed by atoms with E-state index in [-0.39, 0.29) is 5.82 Å². The summed E-state index contributed by atoms with van der Waals surface area (Å²) >= 11 is 5.48. The summed E-state index contributed by atoms with van der Waals surface area (Å²) in [5.41, 5.74) is -0.116. The van der Waals surface area contributed by atoms with Gasteiger partial charge in [-0.05, 0) is 17.7 Å². The lowest BCUT2D eigenvalue weighted by Gasteiger charge is -2.10. The maximum atomic E-state index is 12.6. The van der Waals surface area contributed by atoms with Gasteiger partial charge in [-0.25, -0.2) is 9.97 Å². The molecule has 0 aliphatic heterocycles. The number of hydrogen-bond donors (Lipinski definition) is 1. The minimum Gasteiger partial charge on any atom is -0.370 e. The van der Waals surface area contributed by atoms with Gasteiger partial charge in [0.25, 0.3) is 0 Å². The molecule has 108 valence electrons. The van der Waals surface area contributed by atoms with Crippen molar-refractivity contribution < 1.29 is 13.2 Å². The third-order valence-corrected chi connectivity index (χ3v) is 2.77. The molecule has 0 bridgehead atoms. The summed E-state index contributed by atoms with van der Waals surface area (Å²) in [7, 11) is 1.79. The summed E-state index contributed by atoms with van der Waals surface area (Å²) in [6.07, 6.45) is -2.30. The smallest absolute Gasteiger partial charge is 0.370 e. The lowest BCUT2D eigenvalue weighted by molar-refractivity contribution is -0.141. The monoisotopic (exact) mass is 305 g/mol. The topological polar surface area (TPSA) is 55.6 Å². The molecule has 0 aliphatic carbocycles. The van der Waals surface area contributed by atoms with Crippen LogP contribution >= 0.6 is 11.6 Å². The average Bonchev–Trinajstić information content (AvgIpc) is 2.73. The normalized spacial score (nSPS) is 11.7. The van der Waals surface area contributed by atoms with Crippen molar-refractivity contribution in [1.29, 1.82) is 0 Å². The van der Waals surface area contributed by atoms with E-state index >= 15 is 0 Å². The number of hydrogen-bond acceptors (Lipinski definition) is 4. The molecule has 0 aliphatic rings. The first-order valence-corrected chi connectivity index (χ1v) is 6.06. The zero-order valence-electron chi connectivity index (χ0n) is 10.4. The molecule has 2 rings (SSSR count). The number of nitrogens with one attached hydrogen (secondary N) is 1. The van der Waals surface area contributed by atoms with E-state index in [1.807, 2.05) is 6.07 Å². The predicted molar refractivity (Wildman–Crippen MR) is 67.4 cm³/mol. The zero-order chi connectivity index (χ0) is 14.8. The minimum atomic E-state index is -4.55. The van der Waals surface area contributed by atoms with Gasteiger partial charge in [0.05, 0.1) is 0 Å². The van der Waals surface area contributed by atoms with Crippen LogP contribution in [0.25, 0.3) is 0 Å². The molecule has 0 saturated heterocycles. The van der Waals surface area contributed by atoms with Gasteiger partial charge in [-0.15, -0.1) is 0 Å². The Labute approximate surface area is 117 Å². The quantitative estimate of drug-likeness (QED) is 0.882. The summed E-state index contributed by atoms with van der Waals surface area (Å²) < 4.78 is 39.4. The lowest BCUT2D eigenvalue weighted by Crippen LogP contribution is -2.13. The van der Waals surface area contributed by atoms with Gasteiger partial charge >= 0.3 is 6.18 Å². The van der Waals surface area contributed by atoms with Gasteiger partial charge in [0, 0.05) is 38.0 Å². The van der Waals surface area contributed by atoms with Crippen LogP contribution in [0.3, 0.4) is 0 Å². The van der Waals surface area contributed by atoms with Crippen LogP contribution in [0.2, 0.25) is 5.28 Å². The Morgan fingerprint density at radius 2 is 2.10 bits per heavy atom. The third kappa shape index (κ3) is 3.60. The summed E-state index contributed by atoms with van der Waals surface area (Å²) in [5, 5.41) is 6.34. The van der Waals surface area contributed by atoms with Crippen LogP contribution < -0.4 is 5.32 Å². The van der Waals surface area contributed by atoms with Crippen LogP contribution in [0, 0.1) is 0 Å². The second-order valence-corrected chi connectivity index (χ2v) is 4.37. The molecular weight excluding hydrogens is 295 g/mol. The van der Waals surface area contributed by atoms with E-state index in [1.165, 1.54) is 0 Å². The Kier molecular flexibility index (Phi) is 4.12. The number of aromatic nitrogens is 4. The maximum Gasteiger partial charge on any atom is 0.433 e. The molecule has 2 heterocycles. The number of aryl methyl sites for hydroxylation is 1. The average molecular weight is 306 g/mol. The summed E-state index contributed by atoms with van der Waals surface area (Å²) in [6.45, 7) is 0.407. The van der Waals surface area contributed by atoms with Crippen molar-refractivity contribution >= 4 is 17.4 Å². The lowest BCUT2D eigenvalue weighted by atomic mass is 10.3. The van der Waals surface area contributed by atoms with Crippen molar-refractivity contribution in [2.24, 2.45) is 7.05 Å². The van der Waals surface area contributed by atoms with E-state index < -0.39 is 17.2 Å². The van der Waals surface area contributed by atoms with E-state index in [0.717, 1.165) is 11.8 Å².